The Bertz CT molecular complexity index is 1280. The number of fused-ring (bicyclic) bond motifs is 1. The van der Waals surface area contributed by atoms with E-state index >= 15 is 0 Å². The van der Waals surface area contributed by atoms with E-state index in [9.17, 15) is 14.4 Å². The highest BCUT2D eigenvalue weighted by atomic mass is 79.9. The normalized spacial score (nSPS) is 11.1. The molecule has 1 heterocycles. The number of carbonyl (C=O) groups is 1. The van der Waals surface area contributed by atoms with Crippen molar-refractivity contribution in [3.8, 4) is 11.5 Å². The molecule has 0 bridgehead atoms. The van der Waals surface area contributed by atoms with Crippen molar-refractivity contribution in [2.75, 3.05) is 20.3 Å². The van der Waals surface area contributed by atoms with Gasteiger partial charge in [0.2, 0.25) is 0 Å². The average molecular weight is 511 g/mol. The lowest BCUT2D eigenvalue weighted by Crippen LogP contribution is -2.32. The molecule has 9 nitrogen and oxygen atoms in total. The minimum atomic E-state index is -0.691. The van der Waals surface area contributed by atoms with Crippen molar-refractivity contribution in [1.82, 2.24) is 9.66 Å². The Morgan fingerprint density at radius 1 is 1.32 bits per heavy atom. The summed E-state index contributed by atoms with van der Waals surface area (Å²) >= 11 is 9.70. The van der Waals surface area contributed by atoms with Gasteiger partial charge in [-0.2, -0.15) is 5.10 Å². The van der Waals surface area contributed by atoms with Gasteiger partial charge < -0.3 is 19.2 Å². The highest BCUT2D eigenvalue weighted by molar-refractivity contribution is 9.10. The maximum absolute atomic E-state index is 12.6. The number of ether oxygens (including phenoxy) is 3. The topological polar surface area (TPSA) is 112 Å². The predicted octanol–water partition coefficient (Wildman–Crippen LogP) is 2.94. The second-order valence-corrected chi connectivity index (χ2v) is 7.23. The number of esters is 1. The summed E-state index contributed by atoms with van der Waals surface area (Å²) in [6.07, 6.45) is 1.28. The molecule has 11 heteroatoms. The van der Waals surface area contributed by atoms with Crippen LogP contribution in [0.15, 0.2) is 49.5 Å². The lowest BCUT2D eigenvalue weighted by molar-refractivity contribution is -0.145. The second kappa shape index (κ2) is 9.80. The van der Waals surface area contributed by atoms with E-state index in [1.807, 2.05) is 0 Å². The summed E-state index contributed by atoms with van der Waals surface area (Å²) in [6.45, 7) is 1.55. The smallest absolute Gasteiger partial charge is 0.349 e. The number of benzene rings is 2. The lowest BCUT2D eigenvalue weighted by atomic mass is 10.2. The molecule has 162 valence electrons. The van der Waals surface area contributed by atoms with Gasteiger partial charge in [-0.25, -0.2) is 9.59 Å². The highest BCUT2D eigenvalue weighted by Crippen LogP contribution is 2.42. The Balaban J connectivity index is 1.99. The first-order chi connectivity index (χ1) is 14.9. The number of H-pyrrole nitrogens is 1. The molecule has 0 saturated heterocycles. The largest absolute Gasteiger partial charge is 0.493 e. The van der Waals surface area contributed by atoms with Gasteiger partial charge in [-0.3, -0.25) is 4.79 Å². The Morgan fingerprint density at radius 2 is 2.06 bits per heavy atom. The zero-order valence-corrected chi connectivity index (χ0v) is 18.8. The molecule has 0 unspecified atom stereocenters. The van der Waals surface area contributed by atoms with Crippen molar-refractivity contribution >= 4 is 50.6 Å². The fourth-order valence-electron chi connectivity index (χ4n) is 2.70. The number of nitrogens with one attached hydrogen (secondary N) is 1. The molecule has 3 rings (SSSR count). The number of halogens is 2. The Labute approximate surface area is 189 Å². The van der Waals surface area contributed by atoms with Crippen molar-refractivity contribution in [2.24, 2.45) is 5.10 Å². The van der Waals surface area contributed by atoms with Gasteiger partial charge in [0.15, 0.2) is 18.1 Å². The standard InChI is InChI=1S/C20H17BrClN3O6/c1-3-30-15(26)10-31-18-14(29-2)8-11(16(21)17(18)22)9-23-25-19(27)12-6-4-5-7-13(12)24-20(25)28/h4-9H,3,10H2,1-2H3,(H,24,28). The van der Waals surface area contributed by atoms with Crippen LogP contribution in [0.4, 0.5) is 0 Å². The van der Waals surface area contributed by atoms with Crippen molar-refractivity contribution in [3.05, 3.63) is 66.2 Å². The molecule has 0 aliphatic carbocycles. The van der Waals surface area contributed by atoms with E-state index in [1.54, 1.807) is 31.2 Å². The van der Waals surface area contributed by atoms with Crippen molar-refractivity contribution in [3.63, 3.8) is 0 Å². The summed E-state index contributed by atoms with van der Waals surface area (Å²) in [4.78, 5) is 39.0. The quantitative estimate of drug-likeness (QED) is 0.386. The van der Waals surface area contributed by atoms with E-state index < -0.39 is 17.2 Å². The number of carbonyl (C=O) groups excluding carboxylic acids is 1. The summed E-state index contributed by atoms with van der Waals surface area (Å²) < 4.78 is 16.6. The molecule has 0 saturated carbocycles. The molecule has 0 radical (unpaired) electrons. The third-order valence-corrected chi connectivity index (χ3v) is 5.55. The molecule has 1 aromatic heterocycles. The number of hydrogen-bond donors (Lipinski definition) is 1. The SMILES string of the molecule is CCOC(=O)COc1c(OC)cc(C=Nn2c(=O)[nH]c3ccccc3c2=O)c(Br)c1Cl. The molecule has 0 aliphatic heterocycles. The molecule has 1 N–H and O–H groups in total. The van der Waals surface area contributed by atoms with Crippen LogP contribution >= 0.6 is 27.5 Å². The molecule has 2 aromatic carbocycles. The van der Waals surface area contributed by atoms with Crippen LogP contribution in [0, 0.1) is 0 Å². The van der Waals surface area contributed by atoms with E-state index in [1.165, 1.54) is 19.4 Å². The van der Waals surface area contributed by atoms with Gasteiger partial charge >= 0.3 is 11.7 Å². The van der Waals surface area contributed by atoms with Crippen LogP contribution in [-0.2, 0) is 9.53 Å². The molecular formula is C20H17BrClN3O6. The molecule has 31 heavy (non-hydrogen) atoms. The number of nitrogens with zero attached hydrogens (tertiary/aromatic N) is 2. The van der Waals surface area contributed by atoms with Gasteiger partial charge in [0.25, 0.3) is 5.56 Å². The van der Waals surface area contributed by atoms with Crippen LogP contribution in [0.3, 0.4) is 0 Å². The van der Waals surface area contributed by atoms with Crippen LogP contribution in [-0.4, -0.2) is 42.2 Å². The fraction of sp³-hybridized carbons (Fsp3) is 0.200. The molecule has 3 aromatic rings. The second-order valence-electron chi connectivity index (χ2n) is 6.06. The lowest BCUT2D eigenvalue weighted by Gasteiger charge is -2.14. The minimum absolute atomic E-state index is 0.116. The number of methoxy groups -OCH3 is 1. The van der Waals surface area contributed by atoms with Gasteiger partial charge in [-0.05, 0) is 41.1 Å². The van der Waals surface area contributed by atoms with E-state index in [2.05, 4.69) is 26.0 Å². The summed E-state index contributed by atoms with van der Waals surface area (Å²) in [7, 11) is 1.40. The molecule has 0 spiro atoms. The summed E-state index contributed by atoms with van der Waals surface area (Å²) in [5.74, 6) is -0.210. The number of rotatable bonds is 7. The van der Waals surface area contributed by atoms with Crippen LogP contribution in [0.25, 0.3) is 10.9 Å². The Kier molecular flexibility index (Phi) is 7.13. The molecule has 0 amide bonds. The van der Waals surface area contributed by atoms with E-state index in [0.29, 0.717) is 25.6 Å². The summed E-state index contributed by atoms with van der Waals surface area (Å²) in [5.41, 5.74) is -0.439. The highest BCUT2D eigenvalue weighted by Gasteiger charge is 2.18. The number of para-hydroxylation sites is 1. The van der Waals surface area contributed by atoms with Crippen LogP contribution in [0.1, 0.15) is 12.5 Å². The zero-order valence-electron chi connectivity index (χ0n) is 16.5. The van der Waals surface area contributed by atoms with Crippen LogP contribution in [0.2, 0.25) is 5.02 Å². The minimum Gasteiger partial charge on any atom is -0.493 e. The maximum Gasteiger partial charge on any atom is 0.349 e. The Morgan fingerprint density at radius 3 is 2.77 bits per heavy atom. The van der Waals surface area contributed by atoms with Crippen molar-refractivity contribution in [2.45, 2.75) is 6.92 Å². The first-order valence-electron chi connectivity index (χ1n) is 9.00. The molecular weight excluding hydrogens is 494 g/mol. The summed E-state index contributed by atoms with van der Waals surface area (Å²) in [6, 6.07) is 8.14. The van der Waals surface area contributed by atoms with Crippen LogP contribution < -0.4 is 20.7 Å². The maximum atomic E-state index is 12.6. The first kappa shape index (κ1) is 22.6. The monoisotopic (exact) mass is 509 g/mol. The van der Waals surface area contributed by atoms with Gasteiger partial charge in [-0.15, -0.1) is 4.68 Å². The number of hydrogen-bond acceptors (Lipinski definition) is 7. The predicted molar refractivity (Wildman–Crippen MR) is 120 cm³/mol. The third-order valence-electron chi connectivity index (χ3n) is 4.11. The van der Waals surface area contributed by atoms with E-state index in [0.717, 1.165) is 0 Å². The number of aromatic amines is 1. The molecule has 0 fully saturated rings. The van der Waals surface area contributed by atoms with Gasteiger partial charge in [0, 0.05) is 10.0 Å². The van der Waals surface area contributed by atoms with E-state index in [4.69, 9.17) is 25.8 Å². The van der Waals surface area contributed by atoms with Gasteiger partial charge in [0.1, 0.15) is 5.02 Å². The summed E-state index contributed by atoms with van der Waals surface area (Å²) in [5, 5.41) is 4.44. The first-order valence-corrected chi connectivity index (χ1v) is 10.2. The van der Waals surface area contributed by atoms with Gasteiger partial charge in [0.05, 0.1) is 30.8 Å². The molecule has 0 aliphatic rings. The molecule has 0 atom stereocenters. The zero-order chi connectivity index (χ0) is 22.5. The van der Waals surface area contributed by atoms with Crippen LogP contribution in [0.5, 0.6) is 11.5 Å². The van der Waals surface area contributed by atoms with E-state index in [-0.39, 0.29) is 29.7 Å². The Hall–Kier alpha value is -3.11. The third kappa shape index (κ3) is 4.80. The van der Waals surface area contributed by atoms with Crippen molar-refractivity contribution < 1.29 is 19.0 Å². The van der Waals surface area contributed by atoms with Crippen molar-refractivity contribution in [1.29, 1.82) is 0 Å². The number of aromatic nitrogens is 2. The van der Waals surface area contributed by atoms with Gasteiger partial charge in [-0.1, -0.05) is 23.7 Å². The average Bonchev–Trinajstić information content (AvgIpc) is 2.75. The fourth-order valence-corrected chi connectivity index (χ4v) is 3.35.